The summed E-state index contributed by atoms with van der Waals surface area (Å²) < 4.78 is 53.3. The minimum Gasteiger partial charge on any atom is -0.493 e. The van der Waals surface area contributed by atoms with Crippen molar-refractivity contribution in [2.75, 3.05) is 80.8 Å². The molecule has 0 aliphatic carbocycles. The van der Waals surface area contributed by atoms with E-state index in [1.165, 1.54) is 0 Å². The number of benzene rings is 2. The van der Waals surface area contributed by atoms with E-state index in [0.717, 1.165) is 63.0 Å². The lowest BCUT2D eigenvalue weighted by molar-refractivity contribution is -0.192. The molecule has 2 aromatic carbocycles. The molecule has 56 heavy (non-hydrogen) atoms. The summed E-state index contributed by atoms with van der Waals surface area (Å²) in [5, 5.41) is 16.8. The van der Waals surface area contributed by atoms with E-state index in [1.807, 2.05) is 12.1 Å². The third-order valence-corrected chi connectivity index (χ3v) is 8.33. The fourth-order valence-electron chi connectivity index (χ4n) is 5.39. The van der Waals surface area contributed by atoms with Crippen LogP contribution < -0.4 is 40.6 Å². The minimum atomic E-state index is -5.08. The zero-order valence-corrected chi connectivity index (χ0v) is 32.4. The molecule has 0 spiro atoms. The van der Waals surface area contributed by atoms with Crippen molar-refractivity contribution in [3.8, 4) is 23.0 Å². The topological polar surface area (TPSA) is 191 Å². The number of nitrogens with two attached hydrogens (primary N) is 1. The molecule has 1 aliphatic heterocycles. The maximum absolute atomic E-state index is 13.8. The zero-order valence-electron chi connectivity index (χ0n) is 32.4. The molecule has 14 nitrogen and oxygen atoms in total. The molecule has 0 aromatic heterocycles. The van der Waals surface area contributed by atoms with Crippen LogP contribution in [-0.2, 0) is 19.2 Å². The quantitative estimate of drug-likeness (QED) is 0.0909. The molecule has 0 radical (unpaired) electrons. The predicted molar refractivity (Wildman–Crippen MR) is 206 cm³/mol. The second-order valence-electron chi connectivity index (χ2n) is 12.5. The Balaban J connectivity index is 0.00000141. The maximum Gasteiger partial charge on any atom is 0.490 e. The van der Waals surface area contributed by atoms with Gasteiger partial charge in [-0.25, -0.2) is 4.79 Å². The van der Waals surface area contributed by atoms with Gasteiger partial charge in [0.2, 0.25) is 11.8 Å². The number of carbonyl (C=O) groups excluding carboxylic acids is 3. The van der Waals surface area contributed by atoms with Gasteiger partial charge in [-0.05, 0) is 106 Å². The van der Waals surface area contributed by atoms with Crippen LogP contribution in [0.2, 0.25) is 0 Å². The van der Waals surface area contributed by atoms with Crippen LogP contribution in [0, 0.1) is 0 Å². The Morgan fingerprint density at radius 2 is 1.18 bits per heavy atom. The number of amides is 2. The van der Waals surface area contributed by atoms with E-state index >= 15 is 0 Å². The molecule has 0 atom stereocenters. The standard InChI is InChI=1S/C37H53N5O7.C2HF3O2/c1-46-31-11-9-27(23-33(31)48-3)21-29-25-42(26-30(37(29)45)22-28-10-12-32(47-2)34(24-28)49-4)36(44)14-13-35(43)41-20-8-19-40-17-6-5-16-39-18-7-15-38;3-2(4,5)1(6)7/h9-12,21-24,39-40H,5-8,13-20,25-26,38H2,1-4H3,(H,41,43);(H,6,7)/b29-21-,30-22+;. The van der Waals surface area contributed by atoms with Crippen molar-refractivity contribution in [3.05, 3.63) is 58.7 Å². The monoisotopic (exact) mass is 793 g/mol. The van der Waals surface area contributed by atoms with Crippen LogP contribution in [0.4, 0.5) is 13.2 Å². The van der Waals surface area contributed by atoms with Crippen molar-refractivity contribution in [1.82, 2.24) is 20.9 Å². The smallest absolute Gasteiger partial charge is 0.490 e. The van der Waals surface area contributed by atoms with E-state index in [1.54, 1.807) is 69.8 Å². The highest BCUT2D eigenvalue weighted by Gasteiger charge is 2.38. The number of ketones is 1. The fourth-order valence-corrected chi connectivity index (χ4v) is 5.39. The summed E-state index contributed by atoms with van der Waals surface area (Å²) in [6.07, 6.45) is 2.52. The summed E-state index contributed by atoms with van der Waals surface area (Å²) in [6.45, 7) is 5.19. The van der Waals surface area contributed by atoms with Crippen molar-refractivity contribution in [2.45, 2.75) is 44.7 Å². The summed E-state index contributed by atoms with van der Waals surface area (Å²) in [5.41, 5.74) is 7.83. The first-order valence-electron chi connectivity index (χ1n) is 18.1. The average molecular weight is 794 g/mol. The summed E-state index contributed by atoms with van der Waals surface area (Å²) in [4.78, 5) is 50.3. The SMILES string of the molecule is COc1ccc(/C=C2/CN(C(=O)CCC(=O)NCCCNCCCCNCCCN)C/C(=C\c3ccc(OC)c(OC)c3)C2=O)cc1OC.O=C(O)C(F)(F)F. The van der Waals surface area contributed by atoms with Gasteiger partial charge in [0.1, 0.15) is 0 Å². The van der Waals surface area contributed by atoms with Crippen LogP contribution in [0.1, 0.15) is 49.7 Å². The summed E-state index contributed by atoms with van der Waals surface area (Å²) >= 11 is 0. The maximum atomic E-state index is 13.8. The lowest BCUT2D eigenvalue weighted by Crippen LogP contribution is -2.42. The normalized spacial score (nSPS) is 14.2. The van der Waals surface area contributed by atoms with E-state index in [2.05, 4.69) is 16.0 Å². The molecule has 2 aromatic rings. The van der Waals surface area contributed by atoms with Crippen LogP contribution in [0.3, 0.4) is 0 Å². The first-order chi connectivity index (χ1) is 26.8. The Morgan fingerprint density at radius 1 is 0.732 bits per heavy atom. The van der Waals surface area contributed by atoms with Crippen molar-refractivity contribution in [1.29, 1.82) is 0 Å². The van der Waals surface area contributed by atoms with Crippen molar-refractivity contribution in [3.63, 3.8) is 0 Å². The van der Waals surface area contributed by atoms with Crippen LogP contribution in [-0.4, -0.2) is 121 Å². The summed E-state index contributed by atoms with van der Waals surface area (Å²) in [5.74, 6) is -1.12. The number of carboxylic acids is 1. The molecule has 6 N–H and O–H groups in total. The molecule has 310 valence electrons. The lowest BCUT2D eigenvalue weighted by atomic mass is 9.93. The molecular formula is C39H54F3N5O9. The third-order valence-electron chi connectivity index (χ3n) is 8.33. The van der Waals surface area contributed by atoms with Crippen molar-refractivity contribution in [2.24, 2.45) is 5.73 Å². The molecule has 2 amide bonds. The number of carbonyl (C=O) groups is 4. The lowest BCUT2D eigenvalue weighted by Gasteiger charge is -2.30. The number of piperidine rings is 1. The number of rotatable bonds is 21. The number of aliphatic carboxylic acids is 1. The van der Waals surface area contributed by atoms with Gasteiger partial charge in [0.05, 0.1) is 28.4 Å². The number of ether oxygens (including phenoxy) is 4. The van der Waals surface area contributed by atoms with Gasteiger partial charge in [-0.3, -0.25) is 14.4 Å². The summed E-state index contributed by atoms with van der Waals surface area (Å²) in [6, 6.07) is 10.7. The largest absolute Gasteiger partial charge is 0.493 e. The number of nitrogens with one attached hydrogen (secondary N) is 3. The van der Waals surface area contributed by atoms with Crippen LogP contribution in [0.15, 0.2) is 47.5 Å². The van der Waals surface area contributed by atoms with Gasteiger partial charge in [0.25, 0.3) is 0 Å². The van der Waals surface area contributed by atoms with E-state index in [-0.39, 0.29) is 43.5 Å². The Bertz CT molecular complexity index is 1570. The van der Waals surface area contributed by atoms with Gasteiger partial charge < -0.3 is 50.6 Å². The molecule has 1 heterocycles. The van der Waals surface area contributed by atoms with Gasteiger partial charge in [-0.2, -0.15) is 13.2 Å². The Kier molecular flexibility index (Phi) is 21.1. The van der Waals surface area contributed by atoms with Crippen LogP contribution in [0.5, 0.6) is 23.0 Å². The molecule has 17 heteroatoms. The number of unbranched alkanes of at least 4 members (excludes halogenated alkanes) is 1. The third kappa shape index (κ3) is 16.7. The number of nitrogens with zero attached hydrogens (tertiary/aromatic N) is 1. The van der Waals surface area contributed by atoms with Gasteiger partial charge in [0.15, 0.2) is 28.8 Å². The first kappa shape index (κ1) is 47.0. The highest BCUT2D eigenvalue weighted by Crippen LogP contribution is 2.31. The molecule has 0 unspecified atom stereocenters. The summed E-state index contributed by atoms with van der Waals surface area (Å²) in [7, 11) is 6.21. The molecule has 1 fully saturated rings. The second kappa shape index (κ2) is 25.1. The van der Waals surface area contributed by atoms with Gasteiger partial charge >= 0.3 is 12.1 Å². The Hall–Kier alpha value is -5.13. The Morgan fingerprint density at radius 3 is 1.61 bits per heavy atom. The predicted octanol–water partition coefficient (Wildman–Crippen LogP) is 3.83. The minimum absolute atomic E-state index is 0.0326. The van der Waals surface area contributed by atoms with Crippen molar-refractivity contribution < 1.29 is 56.4 Å². The van der Waals surface area contributed by atoms with Gasteiger partial charge in [0, 0.05) is 43.6 Å². The number of alkyl halides is 3. The number of likely N-dealkylation sites (tertiary alicyclic amines) is 1. The van der Waals surface area contributed by atoms with E-state index < -0.39 is 12.1 Å². The number of Topliss-reactive ketones (excluding diaryl/α,β-unsaturated/α-hetero) is 1. The molecule has 0 bridgehead atoms. The van der Waals surface area contributed by atoms with Gasteiger partial charge in [-0.15, -0.1) is 0 Å². The number of hydrogen-bond donors (Lipinski definition) is 5. The molecule has 1 saturated heterocycles. The number of carboxylic acid groups (broad SMARTS) is 1. The number of hydrogen-bond acceptors (Lipinski definition) is 11. The number of halogens is 3. The highest BCUT2D eigenvalue weighted by molar-refractivity contribution is 6.15. The number of methoxy groups -OCH3 is 4. The van der Waals surface area contributed by atoms with E-state index in [9.17, 15) is 27.6 Å². The van der Waals surface area contributed by atoms with Crippen LogP contribution >= 0.6 is 0 Å². The first-order valence-corrected chi connectivity index (χ1v) is 18.1. The average Bonchev–Trinajstić information content (AvgIpc) is 3.18. The van der Waals surface area contributed by atoms with E-state index in [4.69, 9.17) is 34.6 Å². The van der Waals surface area contributed by atoms with E-state index in [0.29, 0.717) is 47.2 Å². The molecule has 3 rings (SSSR count). The molecule has 1 aliphatic rings. The second-order valence-corrected chi connectivity index (χ2v) is 12.5. The molecule has 0 saturated carbocycles. The van der Waals surface area contributed by atoms with Gasteiger partial charge in [-0.1, -0.05) is 12.1 Å². The van der Waals surface area contributed by atoms with Crippen LogP contribution in [0.25, 0.3) is 12.2 Å². The van der Waals surface area contributed by atoms with Crippen molar-refractivity contribution >= 4 is 35.7 Å². The highest BCUT2D eigenvalue weighted by atomic mass is 19.4. The Labute approximate surface area is 325 Å². The zero-order chi connectivity index (χ0) is 41.5. The fraction of sp³-hybridized carbons (Fsp3) is 0.487. The molecular weight excluding hydrogens is 739 g/mol.